The summed E-state index contributed by atoms with van der Waals surface area (Å²) in [7, 11) is 0. The summed E-state index contributed by atoms with van der Waals surface area (Å²) >= 11 is 0. The van der Waals surface area contributed by atoms with Gasteiger partial charge in [-0.15, -0.1) is 0 Å². The summed E-state index contributed by atoms with van der Waals surface area (Å²) < 4.78 is 5.71. The first kappa shape index (κ1) is 12.5. The van der Waals surface area contributed by atoms with Crippen molar-refractivity contribution in [3.05, 3.63) is 48.5 Å². The van der Waals surface area contributed by atoms with Gasteiger partial charge < -0.3 is 10.5 Å². The normalized spacial score (nSPS) is 10.3. The first-order chi connectivity index (χ1) is 8.81. The average molecular weight is 241 g/mol. The molecule has 0 atom stereocenters. The molecule has 0 aliphatic rings. The van der Waals surface area contributed by atoms with E-state index in [9.17, 15) is 0 Å². The third kappa shape index (κ3) is 3.04. The van der Waals surface area contributed by atoms with Crippen molar-refractivity contribution < 1.29 is 4.74 Å². The van der Waals surface area contributed by atoms with Gasteiger partial charge in [0.15, 0.2) is 0 Å². The fraction of sp³-hybridized carbons (Fsp3) is 0.250. The van der Waals surface area contributed by atoms with Gasteiger partial charge >= 0.3 is 0 Å². The molecule has 0 saturated heterocycles. The number of unbranched alkanes of at least 4 members (excludes halogenated alkanes) is 1. The first-order valence-corrected chi connectivity index (χ1v) is 6.39. The number of benzene rings is 2. The van der Waals surface area contributed by atoms with E-state index in [-0.39, 0.29) is 0 Å². The third-order valence-electron chi connectivity index (χ3n) is 2.88. The van der Waals surface area contributed by atoms with Crippen LogP contribution in [0.3, 0.4) is 0 Å². The van der Waals surface area contributed by atoms with Crippen LogP contribution >= 0.6 is 0 Å². The van der Waals surface area contributed by atoms with E-state index < -0.39 is 0 Å². The Labute approximate surface area is 108 Å². The van der Waals surface area contributed by atoms with Crippen LogP contribution in [-0.2, 0) is 0 Å². The number of hydrogen-bond acceptors (Lipinski definition) is 2. The molecular weight excluding hydrogens is 222 g/mol. The molecule has 0 aliphatic carbocycles. The van der Waals surface area contributed by atoms with Gasteiger partial charge in [-0.3, -0.25) is 0 Å². The van der Waals surface area contributed by atoms with Crippen molar-refractivity contribution in [3.63, 3.8) is 0 Å². The fourth-order valence-corrected chi connectivity index (χ4v) is 1.80. The molecule has 0 fully saturated rings. The summed E-state index contributed by atoms with van der Waals surface area (Å²) in [6.45, 7) is 2.87. The minimum absolute atomic E-state index is 0.700. The summed E-state index contributed by atoms with van der Waals surface area (Å²) in [4.78, 5) is 0. The van der Waals surface area contributed by atoms with E-state index in [1.807, 2.05) is 36.4 Å². The van der Waals surface area contributed by atoms with E-state index in [1.54, 1.807) is 0 Å². The Hall–Kier alpha value is -1.96. The molecule has 2 aromatic carbocycles. The van der Waals surface area contributed by atoms with Crippen molar-refractivity contribution in [1.29, 1.82) is 0 Å². The second-order valence-electron chi connectivity index (χ2n) is 4.32. The van der Waals surface area contributed by atoms with Crippen LogP contribution in [0.1, 0.15) is 19.8 Å². The number of nitrogens with two attached hydrogens (primary N) is 1. The molecule has 2 nitrogen and oxygen atoms in total. The molecule has 2 rings (SSSR count). The van der Waals surface area contributed by atoms with Crippen LogP contribution in [-0.4, -0.2) is 6.61 Å². The van der Waals surface area contributed by atoms with Crippen molar-refractivity contribution in [2.75, 3.05) is 12.3 Å². The molecule has 0 spiro atoms. The number of nitrogen functional groups attached to an aromatic ring is 1. The van der Waals surface area contributed by atoms with E-state index in [0.717, 1.165) is 30.8 Å². The molecule has 94 valence electrons. The molecule has 18 heavy (non-hydrogen) atoms. The summed E-state index contributed by atoms with van der Waals surface area (Å²) in [5.74, 6) is 0.782. The number of ether oxygens (including phenoxy) is 1. The predicted molar refractivity (Wildman–Crippen MR) is 76.7 cm³/mol. The Balaban J connectivity index is 2.21. The zero-order valence-corrected chi connectivity index (χ0v) is 10.7. The number of rotatable bonds is 5. The lowest BCUT2D eigenvalue weighted by molar-refractivity contribution is 0.311. The highest BCUT2D eigenvalue weighted by molar-refractivity contribution is 5.69. The van der Waals surface area contributed by atoms with Gasteiger partial charge in [-0.05, 0) is 29.7 Å². The molecule has 0 radical (unpaired) electrons. The highest BCUT2D eigenvalue weighted by atomic mass is 16.5. The van der Waals surface area contributed by atoms with Crippen LogP contribution in [0.2, 0.25) is 0 Å². The smallest absolute Gasteiger partial charge is 0.142 e. The second-order valence-corrected chi connectivity index (χ2v) is 4.32. The standard InChI is InChI=1S/C16H19NO/c1-2-3-11-18-16-12-14(9-10-15(16)17)13-7-5-4-6-8-13/h4-10,12H,2-3,11,17H2,1H3. The maximum absolute atomic E-state index is 5.92. The van der Waals surface area contributed by atoms with Gasteiger partial charge in [0, 0.05) is 0 Å². The molecular formula is C16H19NO. The Morgan fingerprint density at radius 2 is 1.78 bits per heavy atom. The van der Waals surface area contributed by atoms with Crippen molar-refractivity contribution in [1.82, 2.24) is 0 Å². The van der Waals surface area contributed by atoms with Crippen molar-refractivity contribution in [3.8, 4) is 16.9 Å². The second kappa shape index (κ2) is 6.10. The molecule has 2 aromatic rings. The SMILES string of the molecule is CCCCOc1cc(-c2ccccc2)ccc1N. The van der Waals surface area contributed by atoms with Crippen LogP contribution in [0.4, 0.5) is 5.69 Å². The van der Waals surface area contributed by atoms with Gasteiger partial charge in [0.2, 0.25) is 0 Å². The van der Waals surface area contributed by atoms with E-state index in [1.165, 1.54) is 5.56 Å². The largest absolute Gasteiger partial charge is 0.491 e. The van der Waals surface area contributed by atoms with Gasteiger partial charge in [-0.25, -0.2) is 0 Å². The molecule has 0 aliphatic heterocycles. The summed E-state index contributed by atoms with van der Waals surface area (Å²) in [6.07, 6.45) is 2.17. The molecule has 2 heteroatoms. The monoisotopic (exact) mass is 241 g/mol. The van der Waals surface area contributed by atoms with Gasteiger partial charge in [0.25, 0.3) is 0 Å². The van der Waals surface area contributed by atoms with Crippen molar-refractivity contribution in [2.24, 2.45) is 0 Å². The number of anilines is 1. The third-order valence-corrected chi connectivity index (χ3v) is 2.88. The Bertz CT molecular complexity index is 494. The van der Waals surface area contributed by atoms with Gasteiger partial charge in [0.1, 0.15) is 5.75 Å². The quantitative estimate of drug-likeness (QED) is 0.631. The average Bonchev–Trinajstić information content (AvgIpc) is 2.42. The summed E-state index contributed by atoms with van der Waals surface area (Å²) in [5, 5.41) is 0. The molecule has 0 heterocycles. The predicted octanol–water partition coefficient (Wildman–Crippen LogP) is 4.11. The van der Waals surface area contributed by atoms with Crippen LogP contribution in [0, 0.1) is 0 Å². The minimum Gasteiger partial charge on any atom is -0.491 e. The first-order valence-electron chi connectivity index (χ1n) is 6.39. The van der Waals surface area contributed by atoms with E-state index in [2.05, 4.69) is 19.1 Å². The molecule has 0 bridgehead atoms. The lowest BCUT2D eigenvalue weighted by Gasteiger charge is -2.10. The van der Waals surface area contributed by atoms with Gasteiger partial charge in [0.05, 0.1) is 12.3 Å². The zero-order valence-electron chi connectivity index (χ0n) is 10.7. The van der Waals surface area contributed by atoms with Crippen molar-refractivity contribution in [2.45, 2.75) is 19.8 Å². The molecule has 0 aromatic heterocycles. The molecule has 2 N–H and O–H groups in total. The maximum atomic E-state index is 5.92. The van der Waals surface area contributed by atoms with Crippen LogP contribution in [0.15, 0.2) is 48.5 Å². The van der Waals surface area contributed by atoms with Gasteiger partial charge in [-0.1, -0.05) is 49.7 Å². The van der Waals surface area contributed by atoms with Crippen LogP contribution in [0.25, 0.3) is 11.1 Å². The maximum Gasteiger partial charge on any atom is 0.142 e. The highest BCUT2D eigenvalue weighted by Gasteiger charge is 2.03. The Morgan fingerprint density at radius 3 is 2.50 bits per heavy atom. The highest BCUT2D eigenvalue weighted by Crippen LogP contribution is 2.29. The van der Waals surface area contributed by atoms with Crippen molar-refractivity contribution >= 4 is 5.69 Å². The Morgan fingerprint density at radius 1 is 1.00 bits per heavy atom. The Kier molecular flexibility index (Phi) is 4.24. The molecule has 0 unspecified atom stereocenters. The van der Waals surface area contributed by atoms with Crippen LogP contribution < -0.4 is 10.5 Å². The van der Waals surface area contributed by atoms with Crippen LogP contribution in [0.5, 0.6) is 5.75 Å². The lowest BCUT2D eigenvalue weighted by atomic mass is 10.1. The topological polar surface area (TPSA) is 35.2 Å². The fourth-order valence-electron chi connectivity index (χ4n) is 1.80. The molecule has 0 saturated carbocycles. The summed E-state index contributed by atoms with van der Waals surface area (Å²) in [5.41, 5.74) is 8.94. The van der Waals surface area contributed by atoms with E-state index in [0.29, 0.717) is 5.69 Å². The minimum atomic E-state index is 0.700. The van der Waals surface area contributed by atoms with Gasteiger partial charge in [-0.2, -0.15) is 0 Å². The number of hydrogen-bond donors (Lipinski definition) is 1. The zero-order chi connectivity index (χ0) is 12.8. The summed E-state index contributed by atoms with van der Waals surface area (Å²) in [6, 6.07) is 16.2. The van der Waals surface area contributed by atoms with E-state index >= 15 is 0 Å². The molecule has 0 amide bonds. The lowest BCUT2D eigenvalue weighted by Crippen LogP contribution is -2.00. The van der Waals surface area contributed by atoms with E-state index in [4.69, 9.17) is 10.5 Å².